The fourth-order valence-electron chi connectivity index (χ4n) is 2.63. The first-order valence-electron chi connectivity index (χ1n) is 7.67. The summed E-state index contributed by atoms with van der Waals surface area (Å²) in [5.74, 6) is 0.490. The van der Waals surface area contributed by atoms with Crippen molar-refractivity contribution in [3.05, 3.63) is 58.5 Å². The maximum Gasteiger partial charge on any atom is 0.323 e. The summed E-state index contributed by atoms with van der Waals surface area (Å²) in [5, 5.41) is 0. The van der Waals surface area contributed by atoms with Crippen molar-refractivity contribution in [1.29, 1.82) is 0 Å². The van der Waals surface area contributed by atoms with Crippen molar-refractivity contribution in [2.75, 3.05) is 4.72 Å². The van der Waals surface area contributed by atoms with E-state index in [0.29, 0.717) is 22.6 Å². The highest BCUT2D eigenvalue weighted by Crippen LogP contribution is 2.20. The molecule has 0 radical (unpaired) electrons. The molecule has 0 amide bonds. The van der Waals surface area contributed by atoms with Gasteiger partial charge in [-0.25, -0.2) is 13.2 Å². The van der Waals surface area contributed by atoms with Crippen molar-refractivity contribution in [3.8, 4) is 0 Å². The molecule has 0 atom stereocenters. The Bertz CT molecular complexity index is 1030. The normalized spacial score (nSPS) is 12.0. The zero-order valence-corrected chi connectivity index (χ0v) is 14.3. The van der Waals surface area contributed by atoms with Crippen molar-refractivity contribution in [1.82, 2.24) is 9.97 Å². The van der Waals surface area contributed by atoms with Gasteiger partial charge in [0.15, 0.2) is 0 Å². The van der Waals surface area contributed by atoms with Crippen LogP contribution in [0.15, 0.2) is 52.2 Å². The van der Waals surface area contributed by atoms with E-state index in [2.05, 4.69) is 28.5 Å². The van der Waals surface area contributed by atoms with Crippen LogP contribution in [-0.2, 0) is 16.4 Å². The first-order valence-corrected chi connectivity index (χ1v) is 9.15. The van der Waals surface area contributed by atoms with E-state index in [1.165, 1.54) is 12.1 Å². The third-order valence-corrected chi connectivity index (χ3v) is 5.00. The topological polar surface area (TPSA) is 94.8 Å². The molecule has 3 N–H and O–H groups in total. The quantitative estimate of drug-likeness (QED) is 0.663. The molecule has 0 fully saturated rings. The molecule has 0 spiro atoms. The van der Waals surface area contributed by atoms with Gasteiger partial charge in [0.2, 0.25) is 0 Å². The Morgan fingerprint density at radius 3 is 2.54 bits per heavy atom. The third kappa shape index (κ3) is 3.51. The molecule has 0 saturated heterocycles. The number of sulfonamides is 1. The molecule has 0 aliphatic rings. The molecule has 24 heavy (non-hydrogen) atoms. The van der Waals surface area contributed by atoms with Crippen LogP contribution in [0.5, 0.6) is 0 Å². The number of rotatable bonds is 5. The van der Waals surface area contributed by atoms with Crippen LogP contribution in [0, 0.1) is 5.92 Å². The minimum Gasteiger partial charge on any atom is -0.306 e. The van der Waals surface area contributed by atoms with Crippen LogP contribution in [0.3, 0.4) is 0 Å². The Balaban J connectivity index is 1.91. The lowest BCUT2D eigenvalue weighted by Crippen LogP contribution is -2.13. The standard InChI is InChI=1S/C17H19N3O3S/c1-11(2)8-12-4-3-5-13(9-12)20-24(22,23)14-6-7-15-16(10-14)19-17(21)18-15/h3-7,9-11,20H,8H2,1-2H3,(H2,18,19,21). The van der Waals surface area contributed by atoms with E-state index in [-0.39, 0.29) is 10.6 Å². The van der Waals surface area contributed by atoms with E-state index < -0.39 is 10.0 Å². The number of imidazole rings is 1. The van der Waals surface area contributed by atoms with E-state index in [1.54, 1.807) is 12.1 Å². The van der Waals surface area contributed by atoms with Crippen LogP contribution in [0.1, 0.15) is 19.4 Å². The summed E-state index contributed by atoms with van der Waals surface area (Å²) in [4.78, 5) is 16.5. The second-order valence-corrected chi connectivity index (χ2v) is 7.87. The van der Waals surface area contributed by atoms with Crippen LogP contribution in [-0.4, -0.2) is 18.4 Å². The second kappa shape index (κ2) is 6.16. The maximum atomic E-state index is 12.6. The fourth-order valence-corrected chi connectivity index (χ4v) is 3.70. The average Bonchev–Trinajstić information content (AvgIpc) is 2.85. The number of benzene rings is 2. The molecule has 0 saturated carbocycles. The van der Waals surface area contributed by atoms with Crippen molar-refractivity contribution in [2.45, 2.75) is 25.2 Å². The van der Waals surface area contributed by atoms with Crippen LogP contribution >= 0.6 is 0 Å². The molecule has 1 aromatic heterocycles. The molecule has 0 unspecified atom stereocenters. The lowest BCUT2D eigenvalue weighted by molar-refractivity contribution is 0.601. The van der Waals surface area contributed by atoms with Gasteiger partial charge in [0.1, 0.15) is 0 Å². The van der Waals surface area contributed by atoms with Gasteiger partial charge in [-0.1, -0.05) is 26.0 Å². The molecule has 6 nitrogen and oxygen atoms in total. The van der Waals surface area contributed by atoms with Crippen LogP contribution in [0.2, 0.25) is 0 Å². The number of anilines is 1. The number of aromatic amines is 2. The molecule has 0 bridgehead atoms. The SMILES string of the molecule is CC(C)Cc1cccc(NS(=O)(=O)c2ccc3[nH]c(=O)[nH]c3c2)c1. The number of hydrogen-bond acceptors (Lipinski definition) is 3. The van der Waals surface area contributed by atoms with Crippen molar-refractivity contribution >= 4 is 26.7 Å². The Labute approximate surface area is 140 Å². The molecule has 3 rings (SSSR count). The van der Waals surface area contributed by atoms with E-state index in [1.807, 2.05) is 18.2 Å². The van der Waals surface area contributed by atoms with Gasteiger partial charge >= 0.3 is 5.69 Å². The molecule has 0 aliphatic heterocycles. The lowest BCUT2D eigenvalue weighted by Gasteiger charge is -2.10. The summed E-state index contributed by atoms with van der Waals surface area (Å²) in [6, 6.07) is 11.8. The fraction of sp³-hybridized carbons (Fsp3) is 0.235. The van der Waals surface area contributed by atoms with Gasteiger partial charge in [-0.05, 0) is 48.2 Å². The molecule has 0 aliphatic carbocycles. The molecule has 1 heterocycles. The van der Waals surface area contributed by atoms with Gasteiger partial charge in [0.25, 0.3) is 10.0 Å². The highest BCUT2D eigenvalue weighted by molar-refractivity contribution is 7.92. The Hall–Kier alpha value is -2.54. The predicted molar refractivity (Wildman–Crippen MR) is 94.7 cm³/mol. The first-order chi connectivity index (χ1) is 11.3. The summed E-state index contributed by atoms with van der Waals surface area (Å²) in [6.07, 6.45) is 0.881. The van der Waals surface area contributed by atoms with Crippen LogP contribution < -0.4 is 10.4 Å². The molecular formula is C17H19N3O3S. The zero-order chi connectivity index (χ0) is 17.3. The molecule has 126 valence electrons. The Morgan fingerprint density at radius 1 is 1.04 bits per heavy atom. The largest absolute Gasteiger partial charge is 0.323 e. The van der Waals surface area contributed by atoms with Gasteiger partial charge in [0, 0.05) is 5.69 Å². The monoisotopic (exact) mass is 345 g/mol. The minimum atomic E-state index is -3.73. The molecule has 2 aromatic carbocycles. The highest BCUT2D eigenvalue weighted by atomic mass is 32.2. The van der Waals surface area contributed by atoms with Crippen LogP contribution in [0.4, 0.5) is 5.69 Å². The number of aromatic nitrogens is 2. The number of nitrogens with one attached hydrogen (secondary N) is 3. The van der Waals surface area contributed by atoms with E-state index in [0.717, 1.165) is 12.0 Å². The smallest absolute Gasteiger partial charge is 0.306 e. The summed E-state index contributed by atoms with van der Waals surface area (Å²) in [5.41, 5.74) is 2.26. The van der Waals surface area contributed by atoms with Gasteiger partial charge in [-0.3, -0.25) is 4.72 Å². The van der Waals surface area contributed by atoms with E-state index in [4.69, 9.17) is 0 Å². The summed E-state index contributed by atoms with van der Waals surface area (Å²) in [6.45, 7) is 4.23. The Kier molecular flexibility index (Phi) is 4.19. The van der Waals surface area contributed by atoms with E-state index in [9.17, 15) is 13.2 Å². The first kappa shape index (κ1) is 16.3. The minimum absolute atomic E-state index is 0.0968. The van der Waals surface area contributed by atoms with Gasteiger partial charge in [-0.15, -0.1) is 0 Å². The molecule has 7 heteroatoms. The lowest BCUT2D eigenvalue weighted by atomic mass is 10.0. The van der Waals surface area contributed by atoms with Gasteiger partial charge in [-0.2, -0.15) is 0 Å². The third-order valence-electron chi connectivity index (χ3n) is 3.62. The van der Waals surface area contributed by atoms with Crippen LogP contribution in [0.25, 0.3) is 11.0 Å². The maximum absolute atomic E-state index is 12.6. The molecular weight excluding hydrogens is 326 g/mol. The van der Waals surface area contributed by atoms with Crippen molar-refractivity contribution < 1.29 is 8.42 Å². The summed E-state index contributed by atoms with van der Waals surface area (Å²) >= 11 is 0. The second-order valence-electron chi connectivity index (χ2n) is 6.19. The van der Waals surface area contributed by atoms with Gasteiger partial charge in [0.05, 0.1) is 15.9 Å². The number of H-pyrrole nitrogens is 2. The number of fused-ring (bicyclic) bond motifs is 1. The summed E-state index contributed by atoms with van der Waals surface area (Å²) in [7, 11) is -3.73. The van der Waals surface area contributed by atoms with E-state index >= 15 is 0 Å². The Morgan fingerprint density at radius 2 is 1.79 bits per heavy atom. The number of hydrogen-bond donors (Lipinski definition) is 3. The molecule has 3 aromatic rings. The van der Waals surface area contributed by atoms with Crippen molar-refractivity contribution in [3.63, 3.8) is 0 Å². The van der Waals surface area contributed by atoms with Crippen molar-refractivity contribution in [2.24, 2.45) is 5.92 Å². The average molecular weight is 345 g/mol. The van der Waals surface area contributed by atoms with Gasteiger partial charge < -0.3 is 9.97 Å². The summed E-state index contributed by atoms with van der Waals surface area (Å²) < 4.78 is 27.7. The predicted octanol–water partition coefficient (Wildman–Crippen LogP) is 2.86. The zero-order valence-electron chi connectivity index (χ0n) is 13.5. The highest BCUT2D eigenvalue weighted by Gasteiger charge is 2.15.